The number of nitrogens with zero attached hydrogens (tertiary/aromatic N) is 5. The molecule has 1 aliphatic heterocycles. The Morgan fingerprint density at radius 3 is 2.30 bits per heavy atom. The average Bonchev–Trinajstić information content (AvgIpc) is 3.14. The maximum atomic E-state index is 12.4. The third-order valence-corrected chi connectivity index (χ3v) is 4.41. The van der Waals surface area contributed by atoms with Crippen molar-refractivity contribution < 1.29 is 19.1 Å². The number of carbonyl (C=O) groups is 2. The Bertz CT molecular complexity index is 781. The lowest BCUT2D eigenvalue weighted by Gasteiger charge is -2.34. The van der Waals surface area contributed by atoms with Crippen LogP contribution in [0.2, 0.25) is 0 Å². The normalized spacial score (nSPS) is 14.1. The van der Waals surface area contributed by atoms with Crippen molar-refractivity contribution in [1.29, 1.82) is 0 Å². The van der Waals surface area contributed by atoms with Gasteiger partial charge in [-0.3, -0.25) is 9.59 Å². The largest absolute Gasteiger partial charge is 0.497 e. The van der Waals surface area contributed by atoms with Crippen LogP contribution >= 0.6 is 0 Å². The molecule has 2 aromatic rings. The van der Waals surface area contributed by atoms with Crippen molar-refractivity contribution in [3.63, 3.8) is 0 Å². The Morgan fingerprint density at radius 1 is 1.04 bits per heavy atom. The van der Waals surface area contributed by atoms with E-state index < -0.39 is 0 Å². The standard InChI is InChI=1S/C18H23N5O4/c1-14(24)21-7-9-22(10-8-21)18(25)12-23-11-15(19-20-23)13-27-17-5-3-16(26-2)4-6-17/h3-6,11H,7-10,12-13H2,1-2H3. The summed E-state index contributed by atoms with van der Waals surface area (Å²) in [5.41, 5.74) is 0.639. The lowest BCUT2D eigenvalue weighted by molar-refractivity contribution is -0.138. The number of aromatic nitrogens is 3. The molecule has 0 atom stereocenters. The monoisotopic (exact) mass is 373 g/mol. The van der Waals surface area contributed by atoms with E-state index in [9.17, 15) is 9.59 Å². The van der Waals surface area contributed by atoms with Gasteiger partial charge in [0, 0.05) is 33.1 Å². The van der Waals surface area contributed by atoms with Gasteiger partial charge < -0.3 is 19.3 Å². The number of hydrogen-bond acceptors (Lipinski definition) is 6. The Balaban J connectivity index is 1.47. The summed E-state index contributed by atoms with van der Waals surface area (Å²) in [7, 11) is 1.61. The number of carbonyl (C=O) groups excluding carboxylic acids is 2. The molecule has 3 rings (SSSR count). The first-order valence-corrected chi connectivity index (χ1v) is 8.74. The predicted octanol–water partition coefficient (Wildman–Crippen LogP) is 0.556. The number of rotatable bonds is 6. The van der Waals surface area contributed by atoms with Crippen LogP contribution in [0.5, 0.6) is 11.5 Å². The number of hydrogen-bond donors (Lipinski definition) is 0. The molecule has 0 unspecified atom stereocenters. The highest BCUT2D eigenvalue weighted by atomic mass is 16.5. The summed E-state index contributed by atoms with van der Waals surface area (Å²) in [5.74, 6) is 1.46. The number of piperazine rings is 1. The molecule has 0 saturated carbocycles. The molecule has 1 aromatic carbocycles. The van der Waals surface area contributed by atoms with E-state index in [0.717, 1.165) is 5.75 Å². The van der Waals surface area contributed by atoms with Gasteiger partial charge >= 0.3 is 0 Å². The fraction of sp³-hybridized carbons (Fsp3) is 0.444. The maximum absolute atomic E-state index is 12.4. The van der Waals surface area contributed by atoms with E-state index >= 15 is 0 Å². The Morgan fingerprint density at radius 2 is 1.67 bits per heavy atom. The summed E-state index contributed by atoms with van der Waals surface area (Å²) in [6.07, 6.45) is 1.70. The Hall–Kier alpha value is -3.10. The first-order valence-electron chi connectivity index (χ1n) is 8.74. The first kappa shape index (κ1) is 18.7. The van der Waals surface area contributed by atoms with Crippen LogP contribution in [0, 0.1) is 0 Å². The zero-order valence-electron chi connectivity index (χ0n) is 15.5. The van der Waals surface area contributed by atoms with E-state index in [1.165, 1.54) is 4.68 Å². The SMILES string of the molecule is COc1ccc(OCc2cn(CC(=O)N3CCN(C(C)=O)CC3)nn2)cc1. The lowest BCUT2D eigenvalue weighted by atomic mass is 10.3. The van der Waals surface area contributed by atoms with Crippen molar-refractivity contribution >= 4 is 11.8 Å². The minimum absolute atomic E-state index is 0.0364. The van der Waals surface area contributed by atoms with E-state index in [1.807, 2.05) is 24.3 Å². The van der Waals surface area contributed by atoms with Crippen molar-refractivity contribution in [2.75, 3.05) is 33.3 Å². The molecule has 9 nitrogen and oxygen atoms in total. The molecule has 0 N–H and O–H groups in total. The molecule has 1 saturated heterocycles. The van der Waals surface area contributed by atoms with Gasteiger partial charge in [0.2, 0.25) is 11.8 Å². The van der Waals surface area contributed by atoms with E-state index in [2.05, 4.69) is 10.3 Å². The fourth-order valence-corrected chi connectivity index (χ4v) is 2.82. The molecule has 9 heteroatoms. The van der Waals surface area contributed by atoms with Crippen molar-refractivity contribution in [3.8, 4) is 11.5 Å². The average molecular weight is 373 g/mol. The van der Waals surface area contributed by atoms with Gasteiger partial charge in [-0.1, -0.05) is 5.21 Å². The second kappa shape index (κ2) is 8.52. The summed E-state index contributed by atoms with van der Waals surface area (Å²) in [4.78, 5) is 27.2. The number of ether oxygens (including phenoxy) is 2. The summed E-state index contributed by atoms with van der Waals surface area (Å²) in [6.45, 7) is 4.15. The van der Waals surface area contributed by atoms with E-state index in [-0.39, 0.29) is 25.0 Å². The minimum atomic E-state index is -0.0364. The highest BCUT2D eigenvalue weighted by molar-refractivity contribution is 5.77. The third-order valence-electron chi connectivity index (χ3n) is 4.41. The predicted molar refractivity (Wildman–Crippen MR) is 96.2 cm³/mol. The number of benzene rings is 1. The molecular formula is C18H23N5O4. The number of methoxy groups -OCH3 is 1. The van der Waals surface area contributed by atoms with Crippen LogP contribution in [-0.4, -0.2) is 69.9 Å². The highest BCUT2D eigenvalue weighted by Crippen LogP contribution is 2.17. The smallest absolute Gasteiger partial charge is 0.244 e. The van der Waals surface area contributed by atoms with Crippen LogP contribution < -0.4 is 9.47 Å². The second-order valence-corrected chi connectivity index (χ2v) is 6.26. The molecule has 0 aliphatic carbocycles. The van der Waals surface area contributed by atoms with Crippen LogP contribution in [0.25, 0.3) is 0 Å². The topological polar surface area (TPSA) is 89.8 Å². The molecule has 2 amide bonds. The molecule has 0 radical (unpaired) electrons. The second-order valence-electron chi connectivity index (χ2n) is 6.26. The quantitative estimate of drug-likeness (QED) is 0.735. The first-order chi connectivity index (χ1) is 13.0. The minimum Gasteiger partial charge on any atom is -0.497 e. The summed E-state index contributed by atoms with van der Waals surface area (Å²) < 4.78 is 12.3. The van der Waals surface area contributed by atoms with E-state index in [4.69, 9.17) is 9.47 Å². The van der Waals surface area contributed by atoms with Gasteiger partial charge in [-0.25, -0.2) is 4.68 Å². The molecule has 27 heavy (non-hydrogen) atoms. The zero-order chi connectivity index (χ0) is 19.2. The molecule has 2 heterocycles. The Kier molecular flexibility index (Phi) is 5.90. The Labute approximate surface area is 157 Å². The van der Waals surface area contributed by atoms with Crippen LogP contribution in [0.15, 0.2) is 30.5 Å². The van der Waals surface area contributed by atoms with Crippen molar-refractivity contribution in [1.82, 2.24) is 24.8 Å². The van der Waals surface area contributed by atoms with Gasteiger partial charge in [0.25, 0.3) is 0 Å². The van der Waals surface area contributed by atoms with Crippen LogP contribution in [0.4, 0.5) is 0 Å². The van der Waals surface area contributed by atoms with Crippen LogP contribution in [0.3, 0.4) is 0 Å². The van der Waals surface area contributed by atoms with Gasteiger partial charge in [0.1, 0.15) is 30.3 Å². The lowest BCUT2D eigenvalue weighted by Crippen LogP contribution is -2.50. The highest BCUT2D eigenvalue weighted by Gasteiger charge is 2.22. The van der Waals surface area contributed by atoms with Crippen LogP contribution in [-0.2, 0) is 22.7 Å². The molecule has 0 spiro atoms. The van der Waals surface area contributed by atoms with Crippen molar-refractivity contribution in [2.24, 2.45) is 0 Å². The van der Waals surface area contributed by atoms with Crippen molar-refractivity contribution in [2.45, 2.75) is 20.1 Å². The molecule has 144 valence electrons. The molecule has 1 aliphatic rings. The molecule has 1 aromatic heterocycles. The summed E-state index contributed by atoms with van der Waals surface area (Å²) in [5, 5.41) is 8.03. The van der Waals surface area contributed by atoms with Gasteiger partial charge in [-0.2, -0.15) is 0 Å². The van der Waals surface area contributed by atoms with Crippen LogP contribution in [0.1, 0.15) is 12.6 Å². The van der Waals surface area contributed by atoms with Gasteiger partial charge in [0.15, 0.2) is 0 Å². The molecule has 0 bridgehead atoms. The fourth-order valence-electron chi connectivity index (χ4n) is 2.82. The van der Waals surface area contributed by atoms with E-state index in [0.29, 0.717) is 37.6 Å². The maximum Gasteiger partial charge on any atom is 0.244 e. The summed E-state index contributed by atoms with van der Waals surface area (Å²) >= 11 is 0. The van der Waals surface area contributed by atoms with Crippen molar-refractivity contribution in [3.05, 3.63) is 36.2 Å². The zero-order valence-corrected chi connectivity index (χ0v) is 15.5. The van der Waals surface area contributed by atoms with Gasteiger partial charge in [-0.15, -0.1) is 5.10 Å². The molecule has 1 fully saturated rings. The van der Waals surface area contributed by atoms with Gasteiger partial charge in [-0.05, 0) is 24.3 Å². The summed E-state index contributed by atoms with van der Waals surface area (Å²) in [6, 6.07) is 7.26. The van der Waals surface area contributed by atoms with E-state index in [1.54, 1.807) is 30.0 Å². The third kappa shape index (κ3) is 4.96. The van der Waals surface area contributed by atoms with Gasteiger partial charge in [0.05, 0.1) is 13.3 Å². The number of amides is 2. The molecular weight excluding hydrogens is 350 g/mol.